The Kier molecular flexibility index (Phi) is 2.47. The summed E-state index contributed by atoms with van der Waals surface area (Å²) in [6, 6.07) is 10.9. The molecule has 2 heteroatoms. The fraction of sp³-hybridized carbons (Fsp3) is 0.538. The molecule has 0 radical (unpaired) electrons. The molecule has 0 spiro atoms. The lowest BCUT2D eigenvalue weighted by atomic mass is 10.2. The fourth-order valence-electron chi connectivity index (χ4n) is 2.66. The van der Waals surface area contributed by atoms with E-state index in [0.29, 0.717) is 12.6 Å². The Morgan fingerprint density at radius 2 is 2.07 bits per heavy atom. The molecule has 2 saturated carbocycles. The molecule has 0 amide bonds. The van der Waals surface area contributed by atoms with Crippen molar-refractivity contribution in [3.8, 4) is 0 Å². The van der Waals surface area contributed by atoms with Crippen molar-refractivity contribution >= 4 is 0 Å². The number of rotatable bonds is 4. The van der Waals surface area contributed by atoms with Crippen molar-refractivity contribution < 1.29 is 4.84 Å². The summed E-state index contributed by atoms with van der Waals surface area (Å²) in [6.45, 7) is 0.675. The molecule has 2 fully saturated rings. The van der Waals surface area contributed by atoms with Crippen molar-refractivity contribution in [1.29, 1.82) is 0 Å². The molecule has 1 aromatic rings. The maximum atomic E-state index is 5.55. The summed E-state index contributed by atoms with van der Waals surface area (Å²) in [5, 5.41) is 0. The molecule has 3 atom stereocenters. The molecular formula is C13H17NO. The number of hydroxylamine groups is 1. The standard InChI is InChI=1S/C13H17NO/c1-2-4-10(5-3-1)9-15-14-13-7-6-11-8-12(11)13/h1-5,11-14H,6-9H2. The second-order valence-corrected chi connectivity index (χ2v) is 4.74. The Morgan fingerprint density at radius 1 is 1.20 bits per heavy atom. The Bertz CT molecular complexity index is 325. The van der Waals surface area contributed by atoms with Crippen molar-refractivity contribution in [2.24, 2.45) is 11.8 Å². The van der Waals surface area contributed by atoms with Gasteiger partial charge in [0.2, 0.25) is 0 Å². The first kappa shape index (κ1) is 9.37. The molecule has 0 aliphatic heterocycles. The molecule has 15 heavy (non-hydrogen) atoms. The van der Waals surface area contributed by atoms with E-state index >= 15 is 0 Å². The Morgan fingerprint density at radius 3 is 2.73 bits per heavy atom. The van der Waals surface area contributed by atoms with Crippen molar-refractivity contribution in [3.05, 3.63) is 35.9 Å². The zero-order valence-corrected chi connectivity index (χ0v) is 8.86. The minimum atomic E-state index is 0.624. The molecule has 1 aromatic carbocycles. The lowest BCUT2D eigenvalue weighted by molar-refractivity contribution is 0.000228. The second kappa shape index (κ2) is 3.95. The van der Waals surface area contributed by atoms with E-state index < -0.39 is 0 Å². The van der Waals surface area contributed by atoms with E-state index in [1.807, 2.05) is 18.2 Å². The Labute approximate surface area is 90.6 Å². The van der Waals surface area contributed by atoms with Crippen LogP contribution in [-0.4, -0.2) is 6.04 Å². The van der Waals surface area contributed by atoms with E-state index in [9.17, 15) is 0 Å². The van der Waals surface area contributed by atoms with Crippen LogP contribution in [0.2, 0.25) is 0 Å². The van der Waals surface area contributed by atoms with Crippen LogP contribution in [0.4, 0.5) is 0 Å². The minimum absolute atomic E-state index is 0.624. The molecule has 80 valence electrons. The monoisotopic (exact) mass is 203 g/mol. The highest BCUT2D eigenvalue weighted by molar-refractivity contribution is 5.13. The molecule has 0 saturated heterocycles. The Balaban J connectivity index is 1.43. The molecule has 2 aliphatic carbocycles. The Hall–Kier alpha value is -0.860. The van der Waals surface area contributed by atoms with Crippen LogP contribution in [0.5, 0.6) is 0 Å². The highest BCUT2D eigenvalue weighted by Crippen LogP contribution is 2.51. The van der Waals surface area contributed by atoms with Gasteiger partial charge in [-0.25, -0.2) is 0 Å². The number of benzene rings is 1. The average Bonchev–Trinajstić information content (AvgIpc) is 2.96. The van der Waals surface area contributed by atoms with Gasteiger partial charge >= 0.3 is 0 Å². The lowest BCUT2D eigenvalue weighted by Crippen LogP contribution is -2.29. The smallest absolute Gasteiger partial charge is 0.0933 e. The molecule has 2 nitrogen and oxygen atoms in total. The quantitative estimate of drug-likeness (QED) is 0.759. The number of nitrogens with one attached hydrogen (secondary N) is 1. The first-order valence-electron chi connectivity index (χ1n) is 5.85. The summed E-state index contributed by atoms with van der Waals surface area (Å²) in [7, 11) is 0. The van der Waals surface area contributed by atoms with Crippen molar-refractivity contribution in [1.82, 2.24) is 5.48 Å². The van der Waals surface area contributed by atoms with Gasteiger partial charge in [0.05, 0.1) is 6.61 Å². The van der Waals surface area contributed by atoms with E-state index in [1.165, 1.54) is 24.8 Å². The molecular weight excluding hydrogens is 186 g/mol. The van der Waals surface area contributed by atoms with Crippen LogP contribution in [0.25, 0.3) is 0 Å². The molecule has 0 bridgehead atoms. The molecule has 3 rings (SSSR count). The van der Waals surface area contributed by atoms with Gasteiger partial charge in [0.15, 0.2) is 0 Å². The van der Waals surface area contributed by atoms with Gasteiger partial charge in [0.1, 0.15) is 0 Å². The summed E-state index contributed by atoms with van der Waals surface area (Å²) < 4.78 is 0. The van der Waals surface area contributed by atoms with Gasteiger partial charge in [-0.2, -0.15) is 5.48 Å². The summed E-state index contributed by atoms with van der Waals surface area (Å²) in [5.74, 6) is 1.93. The predicted octanol–water partition coefficient (Wildman–Crippen LogP) is 2.51. The SMILES string of the molecule is c1ccc(CONC2CCC3CC32)cc1. The molecule has 3 unspecified atom stereocenters. The largest absolute Gasteiger partial charge is 0.297 e. The molecule has 1 N–H and O–H groups in total. The maximum Gasteiger partial charge on any atom is 0.0933 e. The molecule has 2 aliphatic rings. The highest BCUT2D eigenvalue weighted by Gasteiger charge is 2.48. The zero-order chi connectivity index (χ0) is 10.1. The zero-order valence-electron chi connectivity index (χ0n) is 8.86. The van der Waals surface area contributed by atoms with Crippen LogP contribution in [0.3, 0.4) is 0 Å². The normalized spacial score (nSPS) is 32.7. The highest BCUT2D eigenvalue weighted by atomic mass is 16.6. The van der Waals surface area contributed by atoms with Gasteiger partial charge in [0, 0.05) is 6.04 Å². The topological polar surface area (TPSA) is 21.3 Å². The van der Waals surface area contributed by atoms with Crippen molar-refractivity contribution in [3.63, 3.8) is 0 Å². The summed E-state index contributed by atoms with van der Waals surface area (Å²) >= 11 is 0. The van der Waals surface area contributed by atoms with Gasteiger partial charge in [-0.05, 0) is 36.7 Å². The molecule has 0 heterocycles. The molecule has 0 aromatic heterocycles. The summed E-state index contributed by atoms with van der Waals surface area (Å²) in [5.41, 5.74) is 4.45. The van der Waals surface area contributed by atoms with Crippen LogP contribution in [-0.2, 0) is 11.4 Å². The van der Waals surface area contributed by atoms with Gasteiger partial charge in [-0.1, -0.05) is 30.3 Å². The predicted molar refractivity (Wildman–Crippen MR) is 59.0 cm³/mol. The maximum absolute atomic E-state index is 5.55. The van der Waals surface area contributed by atoms with Crippen LogP contribution >= 0.6 is 0 Å². The van der Waals surface area contributed by atoms with E-state index in [4.69, 9.17) is 4.84 Å². The van der Waals surface area contributed by atoms with E-state index in [-0.39, 0.29) is 0 Å². The number of hydrogen-bond donors (Lipinski definition) is 1. The van der Waals surface area contributed by atoms with Crippen LogP contribution in [0, 0.1) is 11.8 Å². The van der Waals surface area contributed by atoms with Crippen LogP contribution in [0.15, 0.2) is 30.3 Å². The number of hydrogen-bond acceptors (Lipinski definition) is 2. The van der Waals surface area contributed by atoms with E-state index in [0.717, 1.165) is 11.8 Å². The average molecular weight is 203 g/mol. The van der Waals surface area contributed by atoms with E-state index in [1.54, 1.807) is 0 Å². The van der Waals surface area contributed by atoms with Gasteiger partial charge in [-0.15, -0.1) is 0 Å². The third kappa shape index (κ3) is 2.06. The van der Waals surface area contributed by atoms with Crippen molar-refractivity contribution in [2.75, 3.05) is 0 Å². The van der Waals surface area contributed by atoms with Gasteiger partial charge < -0.3 is 0 Å². The summed E-state index contributed by atoms with van der Waals surface area (Å²) in [4.78, 5) is 5.55. The second-order valence-electron chi connectivity index (χ2n) is 4.74. The van der Waals surface area contributed by atoms with E-state index in [2.05, 4.69) is 17.6 Å². The number of fused-ring (bicyclic) bond motifs is 1. The van der Waals surface area contributed by atoms with Crippen LogP contribution < -0.4 is 5.48 Å². The van der Waals surface area contributed by atoms with Gasteiger partial charge in [-0.3, -0.25) is 4.84 Å². The summed E-state index contributed by atoms with van der Waals surface area (Å²) in [6.07, 6.45) is 4.12. The lowest BCUT2D eigenvalue weighted by Gasteiger charge is -2.13. The third-order valence-electron chi connectivity index (χ3n) is 3.66. The first-order valence-corrected chi connectivity index (χ1v) is 5.85. The first-order chi connectivity index (χ1) is 7.43. The van der Waals surface area contributed by atoms with Crippen LogP contribution in [0.1, 0.15) is 24.8 Å². The van der Waals surface area contributed by atoms with Crippen molar-refractivity contribution in [2.45, 2.75) is 31.9 Å². The minimum Gasteiger partial charge on any atom is -0.297 e. The fourth-order valence-corrected chi connectivity index (χ4v) is 2.66. The third-order valence-corrected chi connectivity index (χ3v) is 3.66. The van der Waals surface area contributed by atoms with Gasteiger partial charge in [0.25, 0.3) is 0 Å².